The summed E-state index contributed by atoms with van der Waals surface area (Å²) in [5.74, 6) is 0.114. The predicted molar refractivity (Wildman–Crippen MR) is 125 cm³/mol. The van der Waals surface area contributed by atoms with Gasteiger partial charge in [-0.1, -0.05) is 32.9 Å². The van der Waals surface area contributed by atoms with Crippen LogP contribution in [0.15, 0.2) is 62.8 Å². The molecular weight excluding hydrogens is 458 g/mol. The molecule has 1 aromatic carbocycles. The van der Waals surface area contributed by atoms with Crippen LogP contribution < -0.4 is 10.6 Å². The second kappa shape index (κ2) is 7.72. The lowest BCUT2D eigenvalue weighted by Crippen LogP contribution is -2.42. The third-order valence-electron chi connectivity index (χ3n) is 5.86. The maximum Gasteiger partial charge on any atom is 0.162 e. The Kier molecular flexibility index (Phi) is 5.37. The molecule has 30 heavy (non-hydrogen) atoms. The van der Waals surface area contributed by atoms with Crippen LogP contribution >= 0.6 is 27.3 Å². The number of Topliss-reactive ketones (excluding diaryl/α,β-unsaturated/α-hetero) is 1. The van der Waals surface area contributed by atoms with E-state index in [4.69, 9.17) is 5.73 Å². The van der Waals surface area contributed by atoms with E-state index in [0.29, 0.717) is 23.4 Å². The van der Waals surface area contributed by atoms with Gasteiger partial charge >= 0.3 is 0 Å². The summed E-state index contributed by atoms with van der Waals surface area (Å²) in [5, 5.41) is 12.1. The lowest BCUT2D eigenvalue weighted by Gasteiger charge is -2.43. The minimum absolute atomic E-state index is 0.103. The van der Waals surface area contributed by atoms with Gasteiger partial charge in [0.2, 0.25) is 0 Å². The molecule has 4 nitrogen and oxygen atoms in total. The Morgan fingerprint density at radius 1 is 1.30 bits per heavy atom. The number of halogens is 1. The van der Waals surface area contributed by atoms with E-state index in [0.717, 1.165) is 33.6 Å². The first-order chi connectivity index (χ1) is 14.3. The first-order valence-corrected chi connectivity index (χ1v) is 11.7. The molecule has 6 heteroatoms. The van der Waals surface area contributed by atoms with Crippen LogP contribution in [0.3, 0.4) is 0 Å². The summed E-state index contributed by atoms with van der Waals surface area (Å²) < 4.78 is 0.946. The molecule has 0 amide bonds. The van der Waals surface area contributed by atoms with Crippen molar-refractivity contribution in [3.05, 3.63) is 73.3 Å². The Hall–Kier alpha value is -2.36. The zero-order valence-electron chi connectivity index (χ0n) is 17.3. The van der Waals surface area contributed by atoms with Crippen molar-refractivity contribution in [3.63, 3.8) is 0 Å². The zero-order valence-corrected chi connectivity index (χ0v) is 19.7. The highest BCUT2D eigenvalue weighted by Crippen LogP contribution is 2.51. The van der Waals surface area contributed by atoms with Crippen LogP contribution in [0.5, 0.6) is 0 Å². The highest BCUT2D eigenvalue weighted by molar-refractivity contribution is 9.10. The van der Waals surface area contributed by atoms with Crippen LogP contribution in [0.1, 0.15) is 50.0 Å². The number of allylic oxidation sites excluding steroid dienone is 3. The molecule has 0 spiro atoms. The van der Waals surface area contributed by atoms with E-state index < -0.39 is 5.92 Å². The highest BCUT2D eigenvalue weighted by atomic mass is 79.9. The lowest BCUT2D eigenvalue weighted by atomic mass is 9.69. The lowest BCUT2D eigenvalue weighted by molar-refractivity contribution is -0.118. The topological polar surface area (TPSA) is 70.1 Å². The summed E-state index contributed by atoms with van der Waals surface area (Å²) in [7, 11) is 0. The van der Waals surface area contributed by atoms with Crippen molar-refractivity contribution >= 4 is 38.7 Å². The van der Waals surface area contributed by atoms with Gasteiger partial charge < -0.3 is 5.73 Å². The Labute approximate surface area is 189 Å². The van der Waals surface area contributed by atoms with Gasteiger partial charge in [-0.05, 0) is 57.9 Å². The summed E-state index contributed by atoms with van der Waals surface area (Å²) >= 11 is 5.05. The summed E-state index contributed by atoms with van der Waals surface area (Å²) in [6, 6.07) is 12.5. The molecule has 0 bridgehead atoms. The molecule has 1 aliphatic carbocycles. The van der Waals surface area contributed by atoms with Crippen molar-refractivity contribution in [2.45, 2.75) is 46.0 Å². The van der Waals surface area contributed by atoms with E-state index in [9.17, 15) is 10.1 Å². The van der Waals surface area contributed by atoms with Crippen LogP contribution in [0.4, 0.5) is 5.69 Å². The van der Waals surface area contributed by atoms with Gasteiger partial charge in [0, 0.05) is 38.1 Å². The fourth-order valence-corrected chi connectivity index (χ4v) is 6.01. The van der Waals surface area contributed by atoms with E-state index in [1.54, 1.807) is 11.3 Å². The number of thiophene rings is 1. The maximum atomic E-state index is 13.4. The van der Waals surface area contributed by atoms with Crippen LogP contribution in [0.2, 0.25) is 0 Å². The molecule has 154 valence electrons. The van der Waals surface area contributed by atoms with Gasteiger partial charge in [-0.25, -0.2) is 0 Å². The third-order valence-corrected chi connectivity index (χ3v) is 7.61. The van der Waals surface area contributed by atoms with Crippen molar-refractivity contribution in [2.24, 2.45) is 11.1 Å². The Morgan fingerprint density at radius 3 is 2.57 bits per heavy atom. The molecule has 0 radical (unpaired) electrons. The van der Waals surface area contributed by atoms with Gasteiger partial charge in [0.05, 0.1) is 17.6 Å². The monoisotopic (exact) mass is 481 g/mol. The second-order valence-corrected chi connectivity index (χ2v) is 10.5. The molecule has 0 saturated heterocycles. The van der Waals surface area contributed by atoms with Gasteiger partial charge in [-0.3, -0.25) is 9.69 Å². The normalized spacial score (nSPS) is 21.0. The first kappa shape index (κ1) is 20.9. The molecule has 2 heterocycles. The van der Waals surface area contributed by atoms with E-state index in [1.165, 1.54) is 5.56 Å². The molecule has 0 fully saturated rings. The zero-order chi connectivity index (χ0) is 21.6. The van der Waals surface area contributed by atoms with Crippen molar-refractivity contribution in [2.75, 3.05) is 4.90 Å². The quantitative estimate of drug-likeness (QED) is 0.582. The van der Waals surface area contributed by atoms with Gasteiger partial charge in [0.25, 0.3) is 0 Å². The van der Waals surface area contributed by atoms with Crippen molar-refractivity contribution < 1.29 is 4.79 Å². The minimum Gasteiger partial charge on any atom is -0.384 e. The third kappa shape index (κ3) is 3.51. The van der Waals surface area contributed by atoms with Gasteiger partial charge in [0.1, 0.15) is 5.82 Å². The van der Waals surface area contributed by atoms with Crippen LogP contribution in [-0.2, 0) is 11.2 Å². The fourth-order valence-electron chi connectivity index (χ4n) is 4.45. The number of hydrogen-bond acceptors (Lipinski definition) is 5. The maximum absolute atomic E-state index is 13.4. The van der Waals surface area contributed by atoms with Gasteiger partial charge in [-0.15, -0.1) is 11.3 Å². The van der Waals surface area contributed by atoms with E-state index in [-0.39, 0.29) is 11.2 Å². The number of aryl methyl sites for hydroxylation is 1. The predicted octanol–water partition coefficient (Wildman–Crippen LogP) is 6.01. The van der Waals surface area contributed by atoms with Gasteiger partial charge in [-0.2, -0.15) is 5.26 Å². The SMILES string of the molecule is CCc1ccc(N2C(N)=C(C#N)C(c3cc(Br)cs3)C3=C2CC(C)(C)CC3=O)cc1. The Bertz CT molecular complexity index is 1120. The van der Waals surface area contributed by atoms with Crippen LogP contribution in [-0.4, -0.2) is 5.78 Å². The van der Waals surface area contributed by atoms with Crippen molar-refractivity contribution in [1.29, 1.82) is 5.26 Å². The second-order valence-electron chi connectivity index (χ2n) is 8.67. The average molecular weight is 482 g/mol. The first-order valence-electron chi connectivity index (χ1n) is 10.0. The number of nitriles is 1. The van der Waals surface area contributed by atoms with Gasteiger partial charge in [0.15, 0.2) is 5.78 Å². The molecule has 1 aliphatic heterocycles. The fraction of sp³-hybridized carbons (Fsp3) is 0.333. The number of nitrogens with two attached hydrogens (primary N) is 1. The van der Waals surface area contributed by atoms with Crippen molar-refractivity contribution in [3.8, 4) is 6.07 Å². The molecule has 1 atom stereocenters. The summed E-state index contributed by atoms with van der Waals surface area (Å²) in [6.07, 6.45) is 2.14. The Morgan fingerprint density at radius 2 is 2.00 bits per heavy atom. The molecule has 0 saturated carbocycles. The highest BCUT2D eigenvalue weighted by Gasteiger charge is 2.45. The number of carbonyl (C=O) groups excluding carboxylic acids is 1. The molecule has 2 aromatic rings. The molecule has 2 N–H and O–H groups in total. The summed E-state index contributed by atoms with van der Waals surface area (Å²) in [6.45, 7) is 6.34. The molecule has 1 unspecified atom stereocenters. The molecule has 2 aliphatic rings. The minimum atomic E-state index is -0.406. The largest absolute Gasteiger partial charge is 0.384 e. The van der Waals surface area contributed by atoms with E-state index >= 15 is 0 Å². The molecule has 4 rings (SSSR count). The Balaban J connectivity index is 1.96. The van der Waals surface area contributed by atoms with Crippen LogP contribution in [0, 0.1) is 16.7 Å². The number of benzene rings is 1. The van der Waals surface area contributed by atoms with E-state index in [2.05, 4.69) is 54.9 Å². The number of anilines is 1. The average Bonchev–Trinajstić information content (AvgIpc) is 3.12. The van der Waals surface area contributed by atoms with Crippen molar-refractivity contribution in [1.82, 2.24) is 0 Å². The number of carbonyl (C=O) groups is 1. The summed E-state index contributed by atoms with van der Waals surface area (Å²) in [4.78, 5) is 16.3. The number of nitrogens with zero attached hydrogens (tertiary/aromatic N) is 2. The van der Waals surface area contributed by atoms with Crippen LogP contribution in [0.25, 0.3) is 0 Å². The van der Waals surface area contributed by atoms with E-state index in [1.807, 2.05) is 28.5 Å². The number of rotatable bonds is 3. The number of ketones is 1. The number of hydrogen-bond donors (Lipinski definition) is 1. The molecular formula is C24H24BrN3OS. The standard InChI is InChI=1S/C24H24BrN3OS/c1-4-14-5-7-16(8-6-14)28-18-10-24(2,3)11-19(29)22(18)21(17(12-26)23(28)27)20-9-15(25)13-30-20/h5-9,13,21H,4,10-11,27H2,1-3H3. The molecule has 1 aromatic heterocycles. The summed E-state index contributed by atoms with van der Waals surface area (Å²) in [5.41, 5.74) is 10.7. The smallest absolute Gasteiger partial charge is 0.162 e.